The highest BCUT2D eigenvalue weighted by molar-refractivity contribution is 5.97. The lowest BCUT2D eigenvalue weighted by atomic mass is 9.95. The van der Waals surface area contributed by atoms with Crippen molar-refractivity contribution in [3.05, 3.63) is 58.8 Å². The van der Waals surface area contributed by atoms with E-state index in [1.165, 1.54) is 6.07 Å². The summed E-state index contributed by atoms with van der Waals surface area (Å²) in [6, 6.07) is 8.36. The second kappa shape index (κ2) is 8.08. The minimum atomic E-state index is -0.813. The number of halogens is 2. The summed E-state index contributed by atoms with van der Waals surface area (Å²) in [5.41, 5.74) is 8.55. The summed E-state index contributed by atoms with van der Waals surface area (Å²) in [6.45, 7) is 1.02. The maximum atomic E-state index is 14.9. The van der Waals surface area contributed by atoms with Crippen molar-refractivity contribution in [3.63, 3.8) is 0 Å². The molecule has 170 valence electrons. The molecule has 0 saturated heterocycles. The number of anilines is 1. The van der Waals surface area contributed by atoms with Crippen LogP contribution in [-0.2, 0) is 6.42 Å². The third-order valence-corrected chi connectivity index (χ3v) is 6.15. The van der Waals surface area contributed by atoms with Crippen molar-refractivity contribution in [2.75, 3.05) is 33.0 Å². The highest BCUT2D eigenvalue weighted by Gasteiger charge is 2.26. The van der Waals surface area contributed by atoms with Gasteiger partial charge in [0, 0.05) is 35.7 Å². The molecule has 1 amide bonds. The molecule has 33 heavy (non-hydrogen) atoms. The molecule has 0 aliphatic carbocycles. The van der Waals surface area contributed by atoms with Crippen molar-refractivity contribution in [3.8, 4) is 28.3 Å². The number of nitrogens with two attached hydrogens (primary N) is 1. The van der Waals surface area contributed by atoms with Crippen molar-refractivity contribution in [1.29, 1.82) is 0 Å². The number of fused-ring (bicyclic) bond motifs is 2. The molecule has 2 aliphatic heterocycles. The quantitative estimate of drug-likeness (QED) is 0.635. The Hall–Kier alpha value is -3.59. The van der Waals surface area contributed by atoms with Gasteiger partial charge in [0.1, 0.15) is 23.0 Å². The molecule has 1 aromatic heterocycles. The molecule has 2 aromatic carbocycles. The Morgan fingerprint density at radius 3 is 2.73 bits per heavy atom. The monoisotopic (exact) mass is 451 g/mol. The van der Waals surface area contributed by atoms with Gasteiger partial charge in [-0.3, -0.25) is 4.79 Å². The molecule has 0 saturated carbocycles. The van der Waals surface area contributed by atoms with Crippen LogP contribution in [0.4, 0.5) is 14.6 Å². The van der Waals surface area contributed by atoms with Crippen molar-refractivity contribution in [2.45, 2.75) is 18.9 Å². The Labute approximate surface area is 189 Å². The van der Waals surface area contributed by atoms with Crippen LogP contribution in [-0.4, -0.2) is 48.0 Å². The van der Waals surface area contributed by atoms with Gasteiger partial charge in [-0.2, -0.15) is 9.37 Å². The maximum Gasteiger partial charge on any atom is 0.254 e. The predicted octanol–water partition coefficient (Wildman–Crippen LogP) is 3.34. The molecule has 0 bridgehead atoms. The molecule has 7 nitrogen and oxygen atoms in total. The minimum Gasteiger partial charge on any atom is -0.493 e. The van der Waals surface area contributed by atoms with Gasteiger partial charge in [-0.15, -0.1) is 0 Å². The summed E-state index contributed by atoms with van der Waals surface area (Å²) in [5, 5.41) is 2.63. The minimum absolute atomic E-state index is 0.0148. The number of nitrogen functional groups attached to an aromatic ring is 1. The van der Waals surface area contributed by atoms with E-state index in [4.69, 9.17) is 10.5 Å². The highest BCUT2D eigenvalue weighted by atomic mass is 19.1. The molecule has 0 spiro atoms. The fraction of sp³-hybridized carbons (Fsp3) is 0.292. The number of hydrogen-bond donors (Lipinski definition) is 2. The van der Waals surface area contributed by atoms with Gasteiger partial charge in [0.25, 0.3) is 5.91 Å². The zero-order chi connectivity index (χ0) is 23.3. The lowest BCUT2D eigenvalue weighted by Gasteiger charge is -2.31. The lowest BCUT2D eigenvalue weighted by Crippen LogP contribution is -2.32. The fourth-order valence-electron chi connectivity index (χ4n) is 4.53. The Bertz CT molecular complexity index is 1280. The van der Waals surface area contributed by atoms with E-state index in [0.717, 1.165) is 17.7 Å². The zero-order valence-electron chi connectivity index (χ0n) is 18.3. The van der Waals surface area contributed by atoms with Crippen LogP contribution in [0.1, 0.15) is 33.9 Å². The second-order valence-electron chi connectivity index (χ2n) is 8.46. The van der Waals surface area contributed by atoms with Gasteiger partial charge >= 0.3 is 0 Å². The topological polar surface area (TPSA) is 93.4 Å². The molecule has 3 heterocycles. The van der Waals surface area contributed by atoms with Crippen LogP contribution in [0.15, 0.2) is 30.3 Å². The average molecular weight is 451 g/mol. The average Bonchev–Trinajstić information content (AvgIpc) is 2.78. The number of benzene rings is 2. The second-order valence-corrected chi connectivity index (χ2v) is 8.46. The molecule has 5 rings (SSSR count). The number of carbonyl (C=O) groups excluding carboxylic acids is 1. The number of amides is 1. The first-order valence-corrected chi connectivity index (χ1v) is 10.7. The first-order valence-electron chi connectivity index (χ1n) is 10.7. The number of carbonyl (C=O) groups is 1. The molecular formula is C24H23F2N5O2. The molecule has 2 aliphatic rings. The first-order chi connectivity index (χ1) is 15.8. The van der Waals surface area contributed by atoms with Crippen molar-refractivity contribution in [2.24, 2.45) is 0 Å². The number of aromatic nitrogens is 2. The van der Waals surface area contributed by atoms with E-state index >= 15 is 0 Å². The van der Waals surface area contributed by atoms with E-state index in [1.807, 2.05) is 20.2 Å². The largest absolute Gasteiger partial charge is 0.493 e. The van der Waals surface area contributed by atoms with E-state index in [1.54, 1.807) is 18.2 Å². The van der Waals surface area contributed by atoms with Crippen LogP contribution >= 0.6 is 0 Å². The lowest BCUT2D eigenvalue weighted by molar-refractivity contribution is 0.0941. The number of ether oxygens (including phenoxy) is 1. The number of rotatable bonds is 3. The summed E-state index contributed by atoms with van der Waals surface area (Å²) in [5.74, 6) is -1.34. The summed E-state index contributed by atoms with van der Waals surface area (Å²) in [4.78, 5) is 22.4. The van der Waals surface area contributed by atoms with Crippen LogP contribution < -0.4 is 15.8 Å². The Balaban J connectivity index is 1.62. The van der Waals surface area contributed by atoms with Gasteiger partial charge in [-0.05, 0) is 56.4 Å². The zero-order valence-corrected chi connectivity index (χ0v) is 18.3. The van der Waals surface area contributed by atoms with E-state index < -0.39 is 17.7 Å². The van der Waals surface area contributed by atoms with Crippen molar-refractivity contribution in [1.82, 2.24) is 20.2 Å². The maximum absolute atomic E-state index is 14.9. The van der Waals surface area contributed by atoms with Gasteiger partial charge in [0.05, 0.1) is 12.2 Å². The van der Waals surface area contributed by atoms with Gasteiger partial charge in [0.2, 0.25) is 5.95 Å². The summed E-state index contributed by atoms with van der Waals surface area (Å²) >= 11 is 0. The SMILES string of the molecule is CN(C)C1CCOc2ccc(-c3nc(-c4cc(F)c5c(c4)CCNC5=O)c(N)nc3F)cc21. The van der Waals surface area contributed by atoms with E-state index in [2.05, 4.69) is 20.2 Å². The van der Waals surface area contributed by atoms with Crippen LogP contribution in [0.2, 0.25) is 0 Å². The van der Waals surface area contributed by atoms with Crippen molar-refractivity contribution >= 4 is 11.7 Å². The number of hydrogen-bond acceptors (Lipinski definition) is 6. The van der Waals surface area contributed by atoms with Gasteiger partial charge in [-0.1, -0.05) is 0 Å². The first kappa shape index (κ1) is 21.3. The Morgan fingerprint density at radius 2 is 1.94 bits per heavy atom. The molecule has 1 atom stereocenters. The molecule has 0 fully saturated rings. The fourth-order valence-corrected chi connectivity index (χ4v) is 4.53. The number of nitrogens with one attached hydrogen (secondary N) is 1. The van der Waals surface area contributed by atoms with Crippen LogP contribution in [0, 0.1) is 11.8 Å². The Kier molecular flexibility index (Phi) is 5.20. The van der Waals surface area contributed by atoms with E-state index in [0.29, 0.717) is 36.3 Å². The molecule has 0 radical (unpaired) electrons. The van der Waals surface area contributed by atoms with E-state index in [9.17, 15) is 13.6 Å². The Morgan fingerprint density at radius 1 is 1.12 bits per heavy atom. The normalized spacial score (nSPS) is 17.2. The van der Waals surface area contributed by atoms with Gasteiger partial charge < -0.3 is 20.7 Å². The summed E-state index contributed by atoms with van der Waals surface area (Å²) in [6.07, 6.45) is 1.29. The van der Waals surface area contributed by atoms with Crippen LogP contribution in [0.5, 0.6) is 5.75 Å². The van der Waals surface area contributed by atoms with Gasteiger partial charge in [0.15, 0.2) is 5.82 Å². The number of nitrogens with zero attached hydrogens (tertiary/aromatic N) is 3. The molecule has 3 aromatic rings. The van der Waals surface area contributed by atoms with Crippen LogP contribution in [0.25, 0.3) is 22.5 Å². The van der Waals surface area contributed by atoms with Crippen molar-refractivity contribution < 1.29 is 18.3 Å². The smallest absolute Gasteiger partial charge is 0.254 e. The van der Waals surface area contributed by atoms with Crippen LogP contribution in [0.3, 0.4) is 0 Å². The molecule has 1 unspecified atom stereocenters. The molecule has 3 N–H and O–H groups in total. The molecule has 9 heteroatoms. The highest BCUT2D eigenvalue weighted by Crippen LogP contribution is 2.38. The van der Waals surface area contributed by atoms with Gasteiger partial charge in [-0.25, -0.2) is 9.37 Å². The standard InChI is InChI=1S/C24H23F2N5O2/c1-31(2)17-6-8-33-18-4-3-13(10-15(17)18)20-22(26)30-23(27)21(29-20)14-9-12-5-7-28-24(32)19(12)16(25)11-14/h3-4,9-11,17H,5-8H2,1-2H3,(H2,27,30)(H,28,32). The van der Waals surface area contributed by atoms with E-state index in [-0.39, 0.29) is 28.8 Å². The third-order valence-electron chi connectivity index (χ3n) is 6.15. The predicted molar refractivity (Wildman–Crippen MR) is 120 cm³/mol. The molecular weight excluding hydrogens is 428 g/mol. The summed E-state index contributed by atoms with van der Waals surface area (Å²) in [7, 11) is 3.97. The third kappa shape index (κ3) is 3.68. The summed E-state index contributed by atoms with van der Waals surface area (Å²) < 4.78 is 35.4.